The summed E-state index contributed by atoms with van der Waals surface area (Å²) >= 11 is 0. The van der Waals surface area contributed by atoms with Gasteiger partial charge in [-0.15, -0.1) is 0 Å². The van der Waals surface area contributed by atoms with Gasteiger partial charge >= 0.3 is 0 Å². The van der Waals surface area contributed by atoms with E-state index >= 15 is 0 Å². The van der Waals surface area contributed by atoms with Gasteiger partial charge in [-0.25, -0.2) is 4.98 Å². The lowest BCUT2D eigenvalue weighted by molar-refractivity contribution is -0.137. The maximum absolute atomic E-state index is 12.1. The minimum absolute atomic E-state index is 0.161. The standard InChI is InChI=1S/C20H20N4O4/c1-23-7-6-20(26,19(23)25)5-4-12-2-3-15-13(10-12)18-22-14(16-17(21)28-16)11-24(18)8-9-27-15/h2-3,10-11,16-17,26H,6-9,21H2,1H3. The molecule has 144 valence electrons. The molecule has 2 aromatic rings. The molecular weight excluding hydrogens is 360 g/mol. The van der Waals surface area contributed by atoms with E-state index in [9.17, 15) is 9.90 Å². The lowest BCUT2D eigenvalue weighted by Crippen LogP contribution is -2.37. The number of aromatic nitrogens is 2. The lowest BCUT2D eigenvalue weighted by atomic mass is 10.0. The smallest absolute Gasteiger partial charge is 0.267 e. The number of epoxide rings is 1. The average molecular weight is 380 g/mol. The van der Waals surface area contributed by atoms with Crippen LogP contribution in [0, 0.1) is 11.8 Å². The molecule has 2 saturated heterocycles. The molecule has 0 spiro atoms. The summed E-state index contributed by atoms with van der Waals surface area (Å²) in [6, 6.07) is 5.53. The highest BCUT2D eigenvalue weighted by Crippen LogP contribution is 2.38. The van der Waals surface area contributed by atoms with Crippen LogP contribution < -0.4 is 10.5 Å². The largest absolute Gasteiger partial charge is 0.491 e. The highest BCUT2D eigenvalue weighted by molar-refractivity contribution is 5.90. The third-order valence-electron chi connectivity index (χ3n) is 5.35. The fourth-order valence-electron chi connectivity index (χ4n) is 3.63. The van der Waals surface area contributed by atoms with Gasteiger partial charge in [-0.3, -0.25) is 4.79 Å². The Morgan fingerprint density at radius 2 is 2.21 bits per heavy atom. The molecule has 0 aliphatic carbocycles. The van der Waals surface area contributed by atoms with Crippen molar-refractivity contribution in [3.63, 3.8) is 0 Å². The maximum atomic E-state index is 12.1. The van der Waals surface area contributed by atoms with Gasteiger partial charge in [0.1, 0.15) is 30.5 Å². The number of imidazole rings is 1. The van der Waals surface area contributed by atoms with Gasteiger partial charge in [-0.1, -0.05) is 11.8 Å². The van der Waals surface area contributed by atoms with Gasteiger partial charge in [-0.05, 0) is 18.2 Å². The zero-order valence-corrected chi connectivity index (χ0v) is 15.4. The van der Waals surface area contributed by atoms with Crippen molar-refractivity contribution >= 4 is 5.91 Å². The first-order valence-electron chi connectivity index (χ1n) is 9.21. The number of carbonyl (C=O) groups excluding carboxylic acids is 1. The summed E-state index contributed by atoms with van der Waals surface area (Å²) in [6.07, 6.45) is 1.79. The fraction of sp³-hybridized carbons (Fsp3) is 0.400. The molecule has 28 heavy (non-hydrogen) atoms. The molecule has 3 aliphatic heterocycles. The second kappa shape index (κ2) is 6.07. The van der Waals surface area contributed by atoms with Gasteiger partial charge < -0.3 is 29.8 Å². The van der Waals surface area contributed by atoms with Crippen LogP contribution in [0.1, 0.15) is 23.8 Å². The van der Waals surface area contributed by atoms with Crippen molar-refractivity contribution in [1.29, 1.82) is 0 Å². The van der Waals surface area contributed by atoms with Crippen molar-refractivity contribution in [3.8, 4) is 29.0 Å². The average Bonchev–Trinajstić information content (AvgIpc) is 3.24. The van der Waals surface area contributed by atoms with E-state index in [0.717, 1.165) is 22.8 Å². The summed E-state index contributed by atoms with van der Waals surface area (Å²) in [6.45, 7) is 1.69. The topological polar surface area (TPSA) is 106 Å². The van der Waals surface area contributed by atoms with E-state index in [2.05, 4.69) is 11.8 Å². The number of likely N-dealkylation sites (N-methyl/N-ethyl adjacent to an activating group) is 1. The molecule has 3 N–H and O–H groups in total. The zero-order valence-electron chi connectivity index (χ0n) is 15.4. The van der Waals surface area contributed by atoms with Gasteiger partial charge in [0, 0.05) is 31.8 Å². The Bertz CT molecular complexity index is 1040. The van der Waals surface area contributed by atoms with Crippen LogP contribution in [0.4, 0.5) is 0 Å². The van der Waals surface area contributed by atoms with Crippen LogP contribution in [-0.4, -0.2) is 57.5 Å². The Labute approximate surface area is 161 Å². The highest BCUT2D eigenvalue weighted by atomic mass is 16.6. The minimum Gasteiger partial charge on any atom is -0.491 e. The van der Waals surface area contributed by atoms with Gasteiger partial charge in [0.05, 0.1) is 17.8 Å². The van der Waals surface area contributed by atoms with Crippen LogP contribution in [0.2, 0.25) is 0 Å². The van der Waals surface area contributed by atoms with Gasteiger partial charge in [-0.2, -0.15) is 0 Å². The number of benzene rings is 1. The molecule has 8 heteroatoms. The van der Waals surface area contributed by atoms with Crippen molar-refractivity contribution in [2.24, 2.45) is 5.73 Å². The molecule has 4 heterocycles. The van der Waals surface area contributed by atoms with E-state index in [1.807, 2.05) is 29.0 Å². The summed E-state index contributed by atoms with van der Waals surface area (Å²) in [5.74, 6) is 6.82. The predicted octanol–water partition coefficient (Wildman–Crippen LogP) is 0.243. The first-order chi connectivity index (χ1) is 13.4. The molecule has 0 radical (unpaired) electrons. The lowest BCUT2D eigenvalue weighted by Gasteiger charge is -2.13. The molecule has 3 atom stereocenters. The molecule has 0 saturated carbocycles. The Morgan fingerprint density at radius 3 is 2.93 bits per heavy atom. The second-order valence-electron chi connectivity index (χ2n) is 7.35. The monoisotopic (exact) mass is 380 g/mol. The summed E-state index contributed by atoms with van der Waals surface area (Å²) in [5.41, 5.74) is 6.44. The maximum Gasteiger partial charge on any atom is 0.267 e. The number of fused-ring (bicyclic) bond motifs is 3. The van der Waals surface area contributed by atoms with E-state index in [1.54, 1.807) is 7.05 Å². The van der Waals surface area contributed by atoms with Crippen molar-refractivity contribution in [1.82, 2.24) is 14.5 Å². The molecule has 1 amide bonds. The number of carbonyl (C=O) groups is 1. The Kier molecular flexibility index (Phi) is 3.74. The normalized spacial score (nSPS) is 28.0. The van der Waals surface area contributed by atoms with Crippen LogP contribution in [0.5, 0.6) is 5.75 Å². The zero-order chi connectivity index (χ0) is 19.5. The summed E-state index contributed by atoms with van der Waals surface area (Å²) < 4.78 is 13.2. The number of aliphatic hydroxyl groups is 1. The van der Waals surface area contributed by atoms with Crippen molar-refractivity contribution in [2.45, 2.75) is 30.9 Å². The van der Waals surface area contributed by atoms with Crippen LogP contribution in [0.25, 0.3) is 11.4 Å². The molecule has 3 aliphatic rings. The third-order valence-corrected chi connectivity index (χ3v) is 5.35. The molecule has 8 nitrogen and oxygen atoms in total. The number of hydrogen-bond acceptors (Lipinski definition) is 6. The number of hydrogen-bond donors (Lipinski definition) is 2. The van der Waals surface area contributed by atoms with Crippen LogP contribution in [0.3, 0.4) is 0 Å². The minimum atomic E-state index is -1.62. The fourth-order valence-corrected chi connectivity index (χ4v) is 3.63. The van der Waals surface area contributed by atoms with Gasteiger partial charge in [0.15, 0.2) is 0 Å². The number of nitrogens with zero attached hydrogens (tertiary/aromatic N) is 3. The Balaban J connectivity index is 1.51. The van der Waals surface area contributed by atoms with Crippen molar-refractivity contribution in [3.05, 3.63) is 35.7 Å². The SMILES string of the molecule is CN1CCC(O)(C#Cc2ccc3c(c2)-c2nc(C4OC4N)cn2CCO3)C1=O. The second-order valence-corrected chi connectivity index (χ2v) is 7.35. The number of amides is 1. The van der Waals surface area contributed by atoms with Crippen LogP contribution >= 0.6 is 0 Å². The molecular formula is C20H20N4O4. The molecule has 1 aromatic carbocycles. The highest BCUT2D eigenvalue weighted by Gasteiger charge is 2.42. The molecule has 5 rings (SSSR count). The molecule has 2 fully saturated rings. The van der Waals surface area contributed by atoms with E-state index in [1.165, 1.54) is 4.90 Å². The number of ether oxygens (including phenoxy) is 2. The summed E-state index contributed by atoms with van der Waals surface area (Å²) in [5, 5.41) is 10.5. The van der Waals surface area contributed by atoms with Crippen LogP contribution in [-0.2, 0) is 16.1 Å². The van der Waals surface area contributed by atoms with Crippen LogP contribution in [0.15, 0.2) is 24.4 Å². The number of likely N-dealkylation sites (tertiary alicyclic amines) is 1. The van der Waals surface area contributed by atoms with E-state index in [4.69, 9.17) is 20.2 Å². The molecule has 0 bridgehead atoms. The van der Waals surface area contributed by atoms with Gasteiger partial charge in [0.25, 0.3) is 5.91 Å². The van der Waals surface area contributed by atoms with E-state index < -0.39 is 5.60 Å². The van der Waals surface area contributed by atoms with Crippen molar-refractivity contribution < 1.29 is 19.4 Å². The number of rotatable bonds is 1. The number of nitrogens with two attached hydrogens (primary N) is 1. The van der Waals surface area contributed by atoms with E-state index in [-0.39, 0.29) is 18.2 Å². The Hall–Kier alpha value is -2.86. The first-order valence-corrected chi connectivity index (χ1v) is 9.21. The third kappa shape index (κ3) is 2.76. The Morgan fingerprint density at radius 1 is 1.39 bits per heavy atom. The first kappa shape index (κ1) is 17.3. The summed E-state index contributed by atoms with van der Waals surface area (Å²) in [7, 11) is 1.66. The van der Waals surface area contributed by atoms with Crippen molar-refractivity contribution in [2.75, 3.05) is 20.2 Å². The quantitative estimate of drug-likeness (QED) is 0.542. The summed E-state index contributed by atoms with van der Waals surface area (Å²) in [4.78, 5) is 18.3. The molecule has 1 aromatic heterocycles. The molecule has 3 unspecified atom stereocenters. The van der Waals surface area contributed by atoms with Gasteiger partial charge in [0.2, 0.25) is 5.60 Å². The van der Waals surface area contributed by atoms with E-state index in [0.29, 0.717) is 31.7 Å². The predicted molar refractivity (Wildman–Crippen MR) is 99.0 cm³/mol.